The van der Waals surface area contributed by atoms with Crippen LogP contribution in [0.4, 0.5) is 10.5 Å². The van der Waals surface area contributed by atoms with Gasteiger partial charge in [-0.15, -0.1) is 0 Å². The summed E-state index contributed by atoms with van der Waals surface area (Å²) in [4.78, 5) is 24.9. The van der Waals surface area contributed by atoms with Crippen LogP contribution in [0.15, 0.2) is 47.9 Å². The molecule has 0 saturated carbocycles. The van der Waals surface area contributed by atoms with Crippen LogP contribution < -0.4 is 10.6 Å². The van der Waals surface area contributed by atoms with E-state index in [0.717, 1.165) is 0 Å². The Labute approximate surface area is 114 Å². The molecule has 2 N–H and O–H groups in total. The minimum Gasteiger partial charge on any atom is -0.339 e. The maximum absolute atomic E-state index is 12.1. The van der Waals surface area contributed by atoms with Gasteiger partial charge in [-0.2, -0.15) is 0 Å². The van der Waals surface area contributed by atoms with E-state index in [1.54, 1.807) is 30.4 Å². The van der Waals surface area contributed by atoms with Crippen molar-refractivity contribution in [1.29, 1.82) is 0 Å². The van der Waals surface area contributed by atoms with Gasteiger partial charge in [-0.1, -0.05) is 18.2 Å². The second-order valence-corrected chi connectivity index (χ2v) is 4.48. The number of nitrogens with one attached hydrogen (secondary N) is 2. The minimum absolute atomic E-state index is 0.221. The number of carbonyl (C=O) groups excluding carboxylic acids is 2. The SMILES string of the molecule is O=C1NC2=C(Nc3ccccc31)N(C(=O)Cl)CC=C2. The summed E-state index contributed by atoms with van der Waals surface area (Å²) < 4.78 is 0. The number of nitrogens with zero attached hydrogens (tertiary/aromatic N) is 1. The Morgan fingerprint density at radius 3 is 2.84 bits per heavy atom. The molecule has 6 heteroatoms. The van der Waals surface area contributed by atoms with E-state index in [9.17, 15) is 9.59 Å². The van der Waals surface area contributed by atoms with Crippen molar-refractivity contribution in [2.24, 2.45) is 0 Å². The second-order valence-electron chi connectivity index (χ2n) is 4.15. The molecule has 0 fully saturated rings. The Morgan fingerprint density at radius 1 is 1.26 bits per heavy atom. The number of benzene rings is 1. The van der Waals surface area contributed by atoms with Gasteiger partial charge in [0.15, 0.2) is 0 Å². The van der Waals surface area contributed by atoms with Gasteiger partial charge in [-0.25, -0.2) is 0 Å². The number of amides is 2. The van der Waals surface area contributed by atoms with E-state index in [2.05, 4.69) is 10.6 Å². The van der Waals surface area contributed by atoms with Crippen molar-refractivity contribution in [3.05, 3.63) is 53.5 Å². The summed E-state index contributed by atoms with van der Waals surface area (Å²) in [6.45, 7) is 0.367. The molecule has 3 rings (SSSR count). The number of carbonyl (C=O) groups is 2. The fraction of sp³-hybridized carbons (Fsp3) is 0.0769. The molecule has 0 aliphatic carbocycles. The van der Waals surface area contributed by atoms with Gasteiger partial charge in [-0.3, -0.25) is 14.5 Å². The Balaban J connectivity index is 2.10. The van der Waals surface area contributed by atoms with Crippen molar-refractivity contribution in [2.75, 3.05) is 11.9 Å². The average molecular weight is 276 g/mol. The molecule has 1 aromatic rings. The lowest BCUT2D eigenvalue weighted by molar-refractivity contribution is 0.0967. The van der Waals surface area contributed by atoms with Crippen LogP contribution in [0.1, 0.15) is 10.4 Å². The van der Waals surface area contributed by atoms with Crippen molar-refractivity contribution in [3.63, 3.8) is 0 Å². The summed E-state index contributed by atoms with van der Waals surface area (Å²) in [5.41, 5.74) is 1.69. The average Bonchev–Trinajstić information content (AvgIpc) is 2.54. The van der Waals surface area contributed by atoms with Gasteiger partial charge in [-0.05, 0) is 29.8 Å². The van der Waals surface area contributed by atoms with E-state index >= 15 is 0 Å². The smallest absolute Gasteiger partial charge is 0.322 e. The lowest BCUT2D eigenvalue weighted by atomic mass is 10.1. The molecule has 0 saturated heterocycles. The fourth-order valence-electron chi connectivity index (χ4n) is 2.09. The molecule has 2 aliphatic rings. The largest absolute Gasteiger partial charge is 0.339 e. The molecule has 0 unspecified atom stereocenters. The predicted octanol–water partition coefficient (Wildman–Crippen LogP) is 2.24. The summed E-state index contributed by atoms with van der Waals surface area (Å²) in [5, 5.41) is 5.25. The van der Waals surface area contributed by atoms with E-state index in [0.29, 0.717) is 29.3 Å². The summed E-state index contributed by atoms with van der Waals surface area (Å²) in [5.74, 6) is 0.266. The number of para-hydroxylation sites is 1. The Morgan fingerprint density at radius 2 is 2.05 bits per heavy atom. The van der Waals surface area contributed by atoms with Crippen LogP contribution in [0, 0.1) is 0 Å². The maximum Gasteiger partial charge on any atom is 0.322 e. The van der Waals surface area contributed by atoms with Crippen molar-refractivity contribution in [2.45, 2.75) is 0 Å². The summed E-state index contributed by atoms with van der Waals surface area (Å²) >= 11 is 5.56. The number of rotatable bonds is 0. The van der Waals surface area contributed by atoms with Crippen molar-refractivity contribution >= 4 is 28.6 Å². The summed E-state index contributed by atoms with van der Waals surface area (Å²) in [6, 6.07) is 7.09. The fourth-order valence-corrected chi connectivity index (χ4v) is 2.25. The number of fused-ring (bicyclic) bond motifs is 1. The highest BCUT2D eigenvalue weighted by atomic mass is 35.5. The van der Waals surface area contributed by atoms with Gasteiger partial charge in [0.05, 0.1) is 16.9 Å². The molecule has 2 heterocycles. The van der Waals surface area contributed by atoms with Crippen LogP contribution >= 0.6 is 11.6 Å². The van der Waals surface area contributed by atoms with E-state index in [1.165, 1.54) is 4.90 Å². The number of allylic oxidation sites excluding steroid dienone is 1. The molecular formula is C13H10ClN3O2. The highest BCUT2D eigenvalue weighted by molar-refractivity contribution is 6.63. The third kappa shape index (κ3) is 1.98. The third-order valence-electron chi connectivity index (χ3n) is 2.98. The third-order valence-corrected chi connectivity index (χ3v) is 3.19. The van der Waals surface area contributed by atoms with Crippen molar-refractivity contribution in [1.82, 2.24) is 10.2 Å². The number of halogens is 1. The predicted molar refractivity (Wildman–Crippen MR) is 71.7 cm³/mol. The van der Waals surface area contributed by atoms with Gasteiger partial charge in [0, 0.05) is 6.54 Å². The Hall–Kier alpha value is -2.27. The standard InChI is InChI=1S/C13H10ClN3O2/c14-13(19)17-7-3-6-10-11(17)15-9-5-2-1-4-8(9)12(18)16-10/h1-6,15H,7H2,(H,16,18). The van der Waals surface area contributed by atoms with E-state index in [4.69, 9.17) is 11.6 Å². The first-order valence-corrected chi connectivity index (χ1v) is 6.10. The zero-order valence-corrected chi connectivity index (χ0v) is 10.6. The van der Waals surface area contributed by atoms with Crippen LogP contribution in [-0.2, 0) is 0 Å². The molecule has 5 nitrogen and oxygen atoms in total. The zero-order chi connectivity index (χ0) is 13.4. The van der Waals surface area contributed by atoms with E-state index in [1.807, 2.05) is 6.07 Å². The number of hydrogen-bond acceptors (Lipinski definition) is 3. The summed E-state index contributed by atoms with van der Waals surface area (Å²) in [6.07, 6.45) is 3.51. The lowest BCUT2D eigenvalue weighted by Crippen LogP contribution is -2.35. The first kappa shape index (κ1) is 11.8. The molecule has 2 aliphatic heterocycles. The van der Waals surface area contributed by atoms with Gasteiger partial charge >= 0.3 is 5.37 Å². The molecule has 0 bridgehead atoms. The highest BCUT2D eigenvalue weighted by Crippen LogP contribution is 2.26. The van der Waals surface area contributed by atoms with Gasteiger partial charge in [0.2, 0.25) is 0 Å². The normalized spacial score (nSPS) is 17.1. The van der Waals surface area contributed by atoms with Gasteiger partial charge < -0.3 is 10.6 Å². The van der Waals surface area contributed by atoms with Gasteiger partial charge in [0.1, 0.15) is 5.82 Å². The molecule has 96 valence electrons. The zero-order valence-electron chi connectivity index (χ0n) is 9.81. The molecule has 0 radical (unpaired) electrons. The molecule has 0 atom stereocenters. The quantitative estimate of drug-likeness (QED) is 0.564. The molecule has 19 heavy (non-hydrogen) atoms. The van der Waals surface area contributed by atoms with Crippen LogP contribution in [0.25, 0.3) is 0 Å². The molecule has 0 aromatic heterocycles. The molecule has 0 spiro atoms. The Kier molecular flexibility index (Phi) is 2.76. The maximum atomic E-state index is 12.1. The van der Waals surface area contributed by atoms with Crippen molar-refractivity contribution in [3.8, 4) is 0 Å². The molecular weight excluding hydrogens is 266 g/mol. The van der Waals surface area contributed by atoms with Crippen LogP contribution in [0.2, 0.25) is 0 Å². The molecule has 1 aromatic carbocycles. The monoisotopic (exact) mass is 275 g/mol. The van der Waals surface area contributed by atoms with Crippen LogP contribution in [0.3, 0.4) is 0 Å². The summed E-state index contributed by atoms with van der Waals surface area (Å²) in [7, 11) is 0. The van der Waals surface area contributed by atoms with Crippen LogP contribution in [-0.4, -0.2) is 22.7 Å². The first-order valence-electron chi connectivity index (χ1n) is 5.72. The topological polar surface area (TPSA) is 61.4 Å². The second kappa shape index (κ2) is 4.44. The highest BCUT2D eigenvalue weighted by Gasteiger charge is 2.27. The molecule has 2 amide bonds. The van der Waals surface area contributed by atoms with Gasteiger partial charge in [0.25, 0.3) is 5.91 Å². The minimum atomic E-state index is -0.599. The lowest BCUT2D eigenvalue weighted by Gasteiger charge is -2.26. The Bertz CT molecular complexity index is 637. The van der Waals surface area contributed by atoms with Crippen LogP contribution in [0.5, 0.6) is 0 Å². The number of hydrogen-bond donors (Lipinski definition) is 2. The van der Waals surface area contributed by atoms with E-state index < -0.39 is 5.37 Å². The van der Waals surface area contributed by atoms with E-state index in [-0.39, 0.29) is 5.91 Å². The van der Waals surface area contributed by atoms with Crippen molar-refractivity contribution < 1.29 is 9.59 Å². The first-order chi connectivity index (χ1) is 9.16. The number of anilines is 1.